The highest BCUT2D eigenvalue weighted by Crippen LogP contribution is 2.14. The van der Waals surface area contributed by atoms with Gasteiger partial charge in [-0.1, -0.05) is 12.1 Å². The van der Waals surface area contributed by atoms with Crippen LogP contribution in [0.25, 0.3) is 0 Å². The number of nitrogens with zero attached hydrogens (tertiary/aromatic N) is 1. The molecule has 0 bridgehead atoms. The fourth-order valence-corrected chi connectivity index (χ4v) is 1.55. The molecule has 0 saturated carbocycles. The Morgan fingerprint density at radius 2 is 2.19 bits per heavy atom. The summed E-state index contributed by atoms with van der Waals surface area (Å²) in [5.41, 5.74) is 2.11. The van der Waals surface area contributed by atoms with Crippen molar-refractivity contribution < 1.29 is 15.0 Å². The van der Waals surface area contributed by atoms with E-state index >= 15 is 0 Å². The largest absolute Gasteiger partial charge is 0.481 e. The van der Waals surface area contributed by atoms with Crippen molar-refractivity contribution in [2.45, 2.75) is 19.4 Å². The number of rotatable bonds is 5. The minimum atomic E-state index is -0.981. The monoisotopic (exact) mass is 223 g/mol. The van der Waals surface area contributed by atoms with Crippen molar-refractivity contribution in [1.29, 1.82) is 0 Å². The van der Waals surface area contributed by atoms with Crippen LogP contribution < -0.4 is 4.90 Å². The molecule has 0 saturated heterocycles. The average Bonchev–Trinajstić information content (AvgIpc) is 2.16. The molecule has 4 heteroatoms. The van der Waals surface area contributed by atoms with E-state index in [-0.39, 0.29) is 6.42 Å². The van der Waals surface area contributed by atoms with Crippen molar-refractivity contribution >= 4 is 11.7 Å². The van der Waals surface area contributed by atoms with E-state index in [4.69, 9.17) is 5.11 Å². The molecule has 1 aromatic carbocycles. The Labute approximate surface area is 95.1 Å². The molecule has 0 heterocycles. The molecule has 0 aliphatic rings. The highest BCUT2D eigenvalue weighted by atomic mass is 16.4. The van der Waals surface area contributed by atoms with E-state index in [9.17, 15) is 9.90 Å². The predicted octanol–water partition coefficient (Wildman–Crippen LogP) is 1.27. The fraction of sp³-hybridized carbons (Fsp3) is 0.417. The summed E-state index contributed by atoms with van der Waals surface area (Å²) in [6.45, 7) is 2.31. The Kier molecular flexibility index (Phi) is 4.31. The standard InChI is InChI=1S/C12H17NO3/c1-9-4-3-5-10(6-9)13(2)8-11(14)7-12(15)16/h3-6,11,14H,7-8H2,1-2H3,(H,15,16). The lowest BCUT2D eigenvalue weighted by Crippen LogP contribution is -2.30. The summed E-state index contributed by atoms with van der Waals surface area (Å²) in [5.74, 6) is -0.981. The molecular formula is C12H17NO3. The quantitative estimate of drug-likeness (QED) is 0.789. The summed E-state index contributed by atoms with van der Waals surface area (Å²) >= 11 is 0. The maximum atomic E-state index is 10.4. The Balaban J connectivity index is 2.58. The molecule has 0 radical (unpaired) electrons. The van der Waals surface area contributed by atoms with Crippen LogP contribution in [0.2, 0.25) is 0 Å². The van der Waals surface area contributed by atoms with E-state index in [0.717, 1.165) is 11.3 Å². The van der Waals surface area contributed by atoms with Gasteiger partial charge in [0.25, 0.3) is 0 Å². The number of aryl methyl sites for hydroxylation is 1. The number of hydrogen-bond acceptors (Lipinski definition) is 3. The van der Waals surface area contributed by atoms with Crippen LogP contribution in [0, 0.1) is 6.92 Å². The fourth-order valence-electron chi connectivity index (χ4n) is 1.55. The number of carboxylic acid groups (broad SMARTS) is 1. The first kappa shape index (κ1) is 12.5. The highest BCUT2D eigenvalue weighted by molar-refractivity contribution is 5.67. The predicted molar refractivity (Wildman–Crippen MR) is 62.7 cm³/mol. The summed E-state index contributed by atoms with van der Waals surface area (Å²) in [7, 11) is 1.83. The summed E-state index contributed by atoms with van der Waals surface area (Å²) in [4.78, 5) is 12.3. The van der Waals surface area contributed by atoms with Crippen molar-refractivity contribution in [2.75, 3.05) is 18.5 Å². The molecule has 1 atom stereocenters. The van der Waals surface area contributed by atoms with Crippen LogP contribution in [0.4, 0.5) is 5.69 Å². The van der Waals surface area contributed by atoms with Gasteiger partial charge in [0, 0.05) is 19.3 Å². The Morgan fingerprint density at radius 3 is 2.75 bits per heavy atom. The zero-order valence-electron chi connectivity index (χ0n) is 9.55. The first-order valence-electron chi connectivity index (χ1n) is 5.16. The lowest BCUT2D eigenvalue weighted by molar-refractivity contribution is -0.139. The Morgan fingerprint density at radius 1 is 1.50 bits per heavy atom. The number of aliphatic hydroxyl groups is 1. The van der Waals surface area contributed by atoms with Gasteiger partial charge >= 0.3 is 5.97 Å². The SMILES string of the molecule is Cc1cccc(N(C)CC(O)CC(=O)O)c1. The second-order valence-electron chi connectivity index (χ2n) is 3.97. The molecular weight excluding hydrogens is 206 g/mol. The number of carboxylic acids is 1. The first-order chi connectivity index (χ1) is 7.49. The molecule has 1 rings (SSSR count). The van der Waals surface area contributed by atoms with Crippen molar-refractivity contribution in [1.82, 2.24) is 0 Å². The van der Waals surface area contributed by atoms with Gasteiger partial charge in [-0.25, -0.2) is 0 Å². The third-order valence-corrected chi connectivity index (χ3v) is 2.34. The number of aliphatic carboxylic acids is 1. The van der Waals surface area contributed by atoms with E-state index in [1.165, 1.54) is 0 Å². The molecule has 0 fully saturated rings. The molecule has 2 N–H and O–H groups in total. The van der Waals surface area contributed by atoms with Crippen molar-refractivity contribution in [3.8, 4) is 0 Å². The van der Waals surface area contributed by atoms with Gasteiger partial charge in [-0.15, -0.1) is 0 Å². The number of hydrogen-bond donors (Lipinski definition) is 2. The summed E-state index contributed by atoms with van der Waals surface area (Å²) < 4.78 is 0. The lowest BCUT2D eigenvalue weighted by Gasteiger charge is -2.22. The maximum Gasteiger partial charge on any atom is 0.306 e. The van der Waals surface area contributed by atoms with Gasteiger partial charge in [0.1, 0.15) is 0 Å². The van der Waals surface area contributed by atoms with Crippen LogP contribution in [-0.2, 0) is 4.79 Å². The number of benzene rings is 1. The molecule has 0 aliphatic heterocycles. The van der Waals surface area contributed by atoms with Crippen LogP contribution in [0.15, 0.2) is 24.3 Å². The molecule has 4 nitrogen and oxygen atoms in total. The molecule has 0 spiro atoms. The number of carbonyl (C=O) groups is 1. The van der Waals surface area contributed by atoms with Gasteiger partial charge in [-0.2, -0.15) is 0 Å². The van der Waals surface area contributed by atoms with E-state index < -0.39 is 12.1 Å². The smallest absolute Gasteiger partial charge is 0.306 e. The van der Waals surface area contributed by atoms with Gasteiger partial charge in [0.05, 0.1) is 12.5 Å². The minimum Gasteiger partial charge on any atom is -0.481 e. The van der Waals surface area contributed by atoms with Crippen LogP contribution >= 0.6 is 0 Å². The minimum absolute atomic E-state index is 0.226. The van der Waals surface area contributed by atoms with Gasteiger partial charge in [-0.05, 0) is 24.6 Å². The Bertz CT molecular complexity index is 365. The summed E-state index contributed by atoms with van der Waals surface area (Å²) in [6.07, 6.45) is -1.07. The molecule has 1 aromatic rings. The van der Waals surface area contributed by atoms with Gasteiger partial charge < -0.3 is 15.1 Å². The Hall–Kier alpha value is -1.55. The topological polar surface area (TPSA) is 60.8 Å². The number of anilines is 1. The van der Waals surface area contributed by atoms with E-state index in [1.807, 2.05) is 43.1 Å². The van der Waals surface area contributed by atoms with E-state index in [1.54, 1.807) is 0 Å². The zero-order valence-corrected chi connectivity index (χ0v) is 9.55. The highest BCUT2D eigenvalue weighted by Gasteiger charge is 2.12. The van der Waals surface area contributed by atoms with Gasteiger partial charge in [0.15, 0.2) is 0 Å². The van der Waals surface area contributed by atoms with Crippen molar-refractivity contribution in [3.63, 3.8) is 0 Å². The van der Waals surface area contributed by atoms with Crippen molar-refractivity contribution in [2.24, 2.45) is 0 Å². The second-order valence-corrected chi connectivity index (χ2v) is 3.97. The molecule has 0 aromatic heterocycles. The zero-order chi connectivity index (χ0) is 12.1. The lowest BCUT2D eigenvalue weighted by atomic mass is 10.2. The van der Waals surface area contributed by atoms with Crippen LogP contribution in [0.3, 0.4) is 0 Å². The van der Waals surface area contributed by atoms with Crippen molar-refractivity contribution in [3.05, 3.63) is 29.8 Å². The van der Waals surface area contributed by atoms with E-state index in [2.05, 4.69) is 0 Å². The second kappa shape index (κ2) is 5.51. The molecule has 0 aliphatic carbocycles. The van der Waals surface area contributed by atoms with Gasteiger partial charge in [-0.3, -0.25) is 4.79 Å². The molecule has 88 valence electrons. The van der Waals surface area contributed by atoms with Crippen LogP contribution in [0.1, 0.15) is 12.0 Å². The third-order valence-electron chi connectivity index (χ3n) is 2.34. The average molecular weight is 223 g/mol. The molecule has 0 amide bonds. The number of aliphatic hydroxyl groups excluding tert-OH is 1. The maximum absolute atomic E-state index is 10.4. The number of likely N-dealkylation sites (N-methyl/N-ethyl adjacent to an activating group) is 1. The van der Waals surface area contributed by atoms with E-state index in [0.29, 0.717) is 6.54 Å². The third kappa shape index (κ3) is 3.90. The van der Waals surface area contributed by atoms with Crippen LogP contribution in [0.5, 0.6) is 0 Å². The molecule has 1 unspecified atom stereocenters. The summed E-state index contributed by atoms with van der Waals surface area (Å²) in [5, 5.41) is 18.0. The first-order valence-corrected chi connectivity index (χ1v) is 5.16. The van der Waals surface area contributed by atoms with Gasteiger partial charge in [0.2, 0.25) is 0 Å². The van der Waals surface area contributed by atoms with Crippen LogP contribution in [-0.4, -0.2) is 35.9 Å². The molecule has 16 heavy (non-hydrogen) atoms. The normalized spacial score (nSPS) is 12.2. The summed E-state index contributed by atoms with van der Waals surface area (Å²) in [6, 6.07) is 7.85.